The molecule has 0 fully saturated rings. The van der Waals surface area contributed by atoms with Crippen molar-refractivity contribution in [1.82, 2.24) is 0 Å². The highest BCUT2D eigenvalue weighted by Crippen LogP contribution is 2.31. The lowest BCUT2D eigenvalue weighted by molar-refractivity contribution is -0.117. The minimum absolute atomic E-state index is 0.0170. The lowest BCUT2D eigenvalue weighted by Crippen LogP contribution is -2.25. The molecule has 1 aliphatic rings. The van der Waals surface area contributed by atoms with Gasteiger partial charge in [-0.3, -0.25) is 9.52 Å². The second-order valence-corrected chi connectivity index (χ2v) is 6.85. The largest absolute Gasteiger partial charge is 0.312 e. The van der Waals surface area contributed by atoms with Gasteiger partial charge in [-0.15, -0.1) is 0 Å². The number of nitrogens with zero attached hydrogens (tertiary/aromatic N) is 1. The molecule has 3 rings (SSSR count). The monoisotopic (exact) mass is 334 g/mol. The van der Waals surface area contributed by atoms with Crippen LogP contribution in [0.1, 0.15) is 12.5 Å². The smallest absolute Gasteiger partial charge is 0.264 e. The van der Waals surface area contributed by atoms with Gasteiger partial charge in [-0.05, 0) is 42.8 Å². The van der Waals surface area contributed by atoms with Crippen LogP contribution in [0.4, 0.5) is 15.8 Å². The van der Waals surface area contributed by atoms with Gasteiger partial charge in [0.2, 0.25) is 5.91 Å². The maximum Gasteiger partial charge on any atom is 0.264 e. The summed E-state index contributed by atoms with van der Waals surface area (Å²) in [4.78, 5) is 13.1. The van der Waals surface area contributed by atoms with E-state index < -0.39 is 20.7 Å². The number of nitrogens with one attached hydrogen (secondary N) is 1. The summed E-state index contributed by atoms with van der Waals surface area (Å²) in [5.41, 5.74) is 1.84. The number of fused-ring (bicyclic) bond motifs is 1. The number of halogens is 1. The molecular formula is C16H15FN2O3S. The Balaban J connectivity index is 1.92. The van der Waals surface area contributed by atoms with Crippen molar-refractivity contribution in [1.29, 1.82) is 0 Å². The van der Waals surface area contributed by atoms with Gasteiger partial charge < -0.3 is 4.90 Å². The molecule has 23 heavy (non-hydrogen) atoms. The van der Waals surface area contributed by atoms with Gasteiger partial charge in [0, 0.05) is 17.9 Å². The van der Waals surface area contributed by atoms with Gasteiger partial charge in [0.15, 0.2) is 0 Å². The average Bonchev–Trinajstić information content (AvgIpc) is 2.81. The molecule has 1 aliphatic heterocycles. The first-order chi connectivity index (χ1) is 10.9. The van der Waals surface area contributed by atoms with Crippen LogP contribution in [0, 0.1) is 5.82 Å². The molecule has 5 nitrogen and oxygen atoms in total. The van der Waals surface area contributed by atoms with Gasteiger partial charge in [0.05, 0.1) is 6.42 Å². The highest BCUT2D eigenvalue weighted by molar-refractivity contribution is 7.92. The number of likely N-dealkylation sites (N-methyl/N-ethyl adjacent to an activating group) is 1. The van der Waals surface area contributed by atoms with Gasteiger partial charge in [-0.25, -0.2) is 12.8 Å². The first-order valence-corrected chi connectivity index (χ1v) is 8.61. The number of benzene rings is 2. The van der Waals surface area contributed by atoms with E-state index in [0.29, 0.717) is 12.2 Å². The van der Waals surface area contributed by atoms with Crippen molar-refractivity contribution in [2.24, 2.45) is 0 Å². The van der Waals surface area contributed by atoms with Gasteiger partial charge in [-0.2, -0.15) is 0 Å². The van der Waals surface area contributed by atoms with Gasteiger partial charge >= 0.3 is 0 Å². The highest BCUT2D eigenvalue weighted by Gasteiger charge is 2.26. The lowest BCUT2D eigenvalue weighted by Gasteiger charge is -2.15. The number of anilines is 2. The fourth-order valence-electron chi connectivity index (χ4n) is 2.67. The van der Waals surface area contributed by atoms with E-state index in [9.17, 15) is 17.6 Å². The van der Waals surface area contributed by atoms with E-state index in [4.69, 9.17) is 0 Å². The van der Waals surface area contributed by atoms with Crippen molar-refractivity contribution < 1.29 is 17.6 Å². The maximum atomic E-state index is 13.7. The Morgan fingerprint density at radius 1 is 1.22 bits per heavy atom. The molecule has 0 atom stereocenters. The van der Waals surface area contributed by atoms with Crippen LogP contribution in [0.2, 0.25) is 0 Å². The van der Waals surface area contributed by atoms with Crippen molar-refractivity contribution in [2.45, 2.75) is 18.2 Å². The standard InChI is InChI=1S/C16H15FN2O3S/c1-2-19-14-8-7-12(9-11(14)10-16(19)20)18-23(21,22)15-6-4-3-5-13(15)17/h3-9,18H,2,10H2,1H3. The zero-order chi connectivity index (χ0) is 16.6. The third kappa shape index (κ3) is 2.79. The highest BCUT2D eigenvalue weighted by atomic mass is 32.2. The molecule has 1 amide bonds. The van der Waals surface area contributed by atoms with Crippen molar-refractivity contribution in [3.8, 4) is 0 Å². The number of rotatable bonds is 4. The van der Waals surface area contributed by atoms with E-state index in [1.165, 1.54) is 18.2 Å². The Bertz CT molecular complexity index is 881. The fourth-order valence-corrected chi connectivity index (χ4v) is 3.80. The number of sulfonamides is 1. The quantitative estimate of drug-likeness (QED) is 0.934. The van der Waals surface area contributed by atoms with Crippen LogP contribution in [0.3, 0.4) is 0 Å². The van der Waals surface area contributed by atoms with Crippen molar-refractivity contribution >= 4 is 27.3 Å². The molecule has 1 heterocycles. The molecule has 2 aromatic carbocycles. The SMILES string of the molecule is CCN1C(=O)Cc2cc(NS(=O)(=O)c3ccccc3F)ccc21. The Morgan fingerprint density at radius 3 is 2.65 bits per heavy atom. The third-order valence-corrected chi connectivity index (χ3v) is 5.12. The van der Waals surface area contributed by atoms with Gasteiger partial charge in [-0.1, -0.05) is 12.1 Å². The zero-order valence-corrected chi connectivity index (χ0v) is 13.2. The number of carbonyl (C=O) groups is 1. The van der Waals surface area contributed by atoms with E-state index in [2.05, 4.69) is 4.72 Å². The van der Waals surface area contributed by atoms with Crippen LogP contribution < -0.4 is 9.62 Å². The first-order valence-electron chi connectivity index (χ1n) is 7.13. The molecule has 0 saturated heterocycles. The zero-order valence-electron chi connectivity index (χ0n) is 12.4. The second-order valence-electron chi connectivity index (χ2n) is 5.19. The van der Waals surface area contributed by atoms with Crippen molar-refractivity contribution in [3.63, 3.8) is 0 Å². The Morgan fingerprint density at radius 2 is 1.96 bits per heavy atom. The first kappa shape index (κ1) is 15.5. The minimum Gasteiger partial charge on any atom is -0.312 e. The Kier molecular flexibility index (Phi) is 3.81. The predicted octanol–water partition coefficient (Wildman–Crippen LogP) is 2.54. The van der Waals surface area contributed by atoms with Crippen molar-refractivity contribution in [3.05, 3.63) is 53.8 Å². The summed E-state index contributed by atoms with van der Waals surface area (Å²) < 4.78 is 40.6. The summed E-state index contributed by atoms with van der Waals surface area (Å²) in [6, 6.07) is 10.1. The minimum atomic E-state index is -4.02. The normalized spacial score (nSPS) is 14.0. The number of hydrogen-bond donors (Lipinski definition) is 1. The molecule has 0 saturated carbocycles. The maximum absolute atomic E-state index is 13.7. The lowest BCUT2D eigenvalue weighted by atomic mass is 10.1. The van der Waals surface area contributed by atoms with Crippen LogP contribution in [0.25, 0.3) is 0 Å². The van der Waals surface area contributed by atoms with Gasteiger partial charge in [0.1, 0.15) is 10.7 Å². The summed E-state index contributed by atoms with van der Waals surface area (Å²) in [6.45, 7) is 2.44. The molecule has 7 heteroatoms. The second kappa shape index (κ2) is 5.66. The molecule has 2 aromatic rings. The molecule has 0 spiro atoms. The van der Waals surface area contributed by atoms with Crippen LogP contribution >= 0.6 is 0 Å². The van der Waals surface area contributed by atoms with E-state index >= 15 is 0 Å². The molecule has 120 valence electrons. The van der Waals surface area contributed by atoms with Crippen molar-refractivity contribution in [2.75, 3.05) is 16.2 Å². The van der Waals surface area contributed by atoms with E-state index in [-0.39, 0.29) is 12.3 Å². The fraction of sp³-hybridized carbons (Fsp3) is 0.188. The van der Waals surface area contributed by atoms with E-state index in [1.807, 2.05) is 6.92 Å². The summed E-state index contributed by atoms with van der Waals surface area (Å²) in [5, 5.41) is 0. The molecule has 0 unspecified atom stereocenters. The predicted molar refractivity (Wildman–Crippen MR) is 85.4 cm³/mol. The average molecular weight is 334 g/mol. The summed E-state index contributed by atoms with van der Waals surface area (Å²) in [5.74, 6) is -0.829. The number of carbonyl (C=O) groups excluding carboxylic acids is 1. The van der Waals surface area contributed by atoms with Crippen LogP contribution in [-0.2, 0) is 21.2 Å². The summed E-state index contributed by atoms with van der Waals surface area (Å²) in [7, 11) is -4.02. The van der Waals surface area contributed by atoms with E-state index in [0.717, 1.165) is 17.3 Å². The topological polar surface area (TPSA) is 66.5 Å². The molecule has 0 radical (unpaired) electrons. The molecule has 0 bridgehead atoms. The van der Waals surface area contributed by atoms with Crippen LogP contribution in [0.15, 0.2) is 47.4 Å². The van der Waals surface area contributed by atoms with E-state index in [1.54, 1.807) is 23.1 Å². The Labute approximate surface area is 133 Å². The summed E-state index contributed by atoms with van der Waals surface area (Å²) in [6.07, 6.45) is 0.235. The molecular weight excluding hydrogens is 319 g/mol. The molecule has 0 aromatic heterocycles. The van der Waals surface area contributed by atoms with Crippen LogP contribution in [-0.4, -0.2) is 20.9 Å². The third-order valence-electron chi connectivity index (χ3n) is 3.71. The summed E-state index contributed by atoms with van der Waals surface area (Å²) >= 11 is 0. The van der Waals surface area contributed by atoms with Gasteiger partial charge in [0.25, 0.3) is 10.0 Å². The number of amides is 1. The number of hydrogen-bond acceptors (Lipinski definition) is 3. The molecule has 1 N–H and O–H groups in total. The molecule has 0 aliphatic carbocycles. The van der Waals surface area contributed by atoms with Crippen LogP contribution in [0.5, 0.6) is 0 Å². The Hall–Kier alpha value is -2.41.